The molecule has 0 unspecified atom stereocenters. The van der Waals surface area contributed by atoms with Crippen LogP contribution in [0.5, 0.6) is 11.5 Å². The summed E-state index contributed by atoms with van der Waals surface area (Å²) in [6.45, 7) is 2.09. The molecule has 7 heteroatoms. The number of rotatable bonds is 4. The second-order valence-corrected chi connectivity index (χ2v) is 9.46. The summed E-state index contributed by atoms with van der Waals surface area (Å²) in [7, 11) is 3.20. The van der Waals surface area contributed by atoms with Crippen molar-refractivity contribution in [1.82, 2.24) is 14.8 Å². The average molecular weight is 439 g/mol. The molecule has 2 aliphatic carbocycles. The highest BCUT2D eigenvalue weighted by atomic mass is 16.5. The number of nitrogens with zero attached hydrogens (tertiary/aromatic N) is 4. The van der Waals surface area contributed by atoms with E-state index in [2.05, 4.69) is 11.6 Å². The predicted octanol–water partition coefficient (Wildman–Crippen LogP) is 4.74. The predicted molar refractivity (Wildman–Crippen MR) is 123 cm³/mol. The fourth-order valence-corrected chi connectivity index (χ4v) is 6.40. The fourth-order valence-electron chi connectivity index (χ4n) is 6.40. The quantitative estimate of drug-likeness (QED) is 0.690. The van der Waals surface area contributed by atoms with E-state index in [1.165, 1.54) is 25.7 Å². The van der Waals surface area contributed by atoms with Gasteiger partial charge in [0.05, 0.1) is 19.8 Å². The zero-order chi connectivity index (χ0) is 22.3. The molecule has 1 spiro atoms. The molecule has 1 aliphatic heterocycles. The fraction of sp³-hybridized carbons (Fsp3) is 0.640. The summed E-state index contributed by atoms with van der Waals surface area (Å²) >= 11 is 0. The lowest BCUT2D eigenvalue weighted by Gasteiger charge is -2.55. The molecule has 2 aromatic rings. The van der Waals surface area contributed by atoms with Gasteiger partial charge in [0, 0.05) is 23.9 Å². The molecule has 3 aliphatic rings. The molecule has 2 heterocycles. The van der Waals surface area contributed by atoms with Crippen molar-refractivity contribution in [3.05, 3.63) is 29.6 Å². The lowest BCUT2D eigenvalue weighted by Crippen LogP contribution is -2.61. The number of fused-ring (bicyclic) bond motifs is 4. The molecule has 1 aromatic carbocycles. The van der Waals surface area contributed by atoms with Crippen molar-refractivity contribution < 1.29 is 14.3 Å². The second kappa shape index (κ2) is 8.41. The number of ether oxygens (including phenoxy) is 2. The minimum absolute atomic E-state index is 0.00741. The Kier molecular flexibility index (Phi) is 5.59. The third-order valence-electron chi connectivity index (χ3n) is 7.91. The van der Waals surface area contributed by atoms with E-state index in [9.17, 15) is 4.79 Å². The molecular weight excluding hydrogens is 404 g/mol. The Hall–Kier alpha value is -2.57. The Labute approximate surface area is 190 Å². The molecule has 5 rings (SSSR count). The van der Waals surface area contributed by atoms with Gasteiger partial charge in [-0.05, 0) is 43.9 Å². The number of aryl methyl sites for hydroxylation is 1. The number of benzene rings is 1. The molecule has 172 valence electrons. The third kappa shape index (κ3) is 3.20. The summed E-state index contributed by atoms with van der Waals surface area (Å²) in [5, 5.41) is 4.99. The Morgan fingerprint density at radius 2 is 1.81 bits per heavy atom. The van der Waals surface area contributed by atoms with Gasteiger partial charge in [-0.1, -0.05) is 39.0 Å². The van der Waals surface area contributed by atoms with E-state index >= 15 is 0 Å². The largest absolute Gasteiger partial charge is 0.493 e. The molecule has 2 saturated carbocycles. The van der Waals surface area contributed by atoms with Gasteiger partial charge < -0.3 is 9.47 Å². The van der Waals surface area contributed by atoms with Gasteiger partial charge in [0.25, 0.3) is 5.91 Å². The van der Waals surface area contributed by atoms with Crippen molar-refractivity contribution in [1.29, 1.82) is 0 Å². The summed E-state index contributed by atoms with van der Waals surface area (Å²) in [5.74, 6) is 3.16. The summed E-state index contributed by atoms with van der Waals surface area (Å²) in [5.41, 5.74) is 0.604. The van der Waals surface area contributed by atoms with Gasteiger partial charge in [0.2, 0.25) is 5.95 Å². The Bertz CT molecular complexity index is 995. The molecule has 0 bridgehead atoms. The maximum absolute atomic E-state index is 14.0. The van der Waals surface area contributed by atoms with Crippen LogP contribution in [0, 0.1) is 5.92 Å². The van der Waals surface area contributed by atoms with Crippen LogP contribution >= 0.6 is 0 Å². The first kappa shape index (κ1) is 21.3. The van der Waals surface area contributed by atoms with Crippen LogP contribution in [-0.2, 0) is 12.0 Å². The van der Waals surface area contributed by atoms with Crippen LogP contribution < -0.4 is 14.4 Å². The van der Waals surface area contributed by atoms with E-state index in [-0.39, 0.29) is 17.5 Å². The SMILES string of the molecule is CCc1nc2n(n1)C1(CCCCC1)[C@@H]1CCCC[C@@H]1N2C(=O)c1ccc(OC)c(OC)c1. The zero-order valence-electron chi connectivity index (χ0n) is 19.5. The molecule has 1 aromatic heterocycles. The smallest absolute Gasteiger partial charge is 0.261 e. The van der Waals surface area contributed by atoms with Crippen LogP contribution in [0.15, 0.2) is 18.2 Å². The Morgan fingerprint density at radius 3 is 2.53 bits per heavy atom. The highest BCUT2D eigenvalue weighted by molar-refractivity contribution is 6.06. The van der Waals surface area contributed by atoms with E-state index in [0.29, 0.717) is 23.0 Å². The molecule has 2 fully saturated rings. The van der Waals surface area contributed by atoms with Gasteiger partial charge in [-0.25, -0.2) is 4.68 Å². The number of anilines is 1. The Morgan fingerprint density at radius 1 is 1.06 bits per heavy atom. The van der Waals surface area contributed by atoms with Crippen molar-refractivity contribution in [3.8, 4) is 11.5 Å². The van der Waals surface area contributed by atoms with Gasteiger partial charge in [-0.2, -0.15) is 10.1 Å². The standard InChI is InChI=1S/C25H34N4O3/c1-4-22-26-24-28(23(30)17-12-13-20(31-2)21(16-17)32-3)19-11-7-6-10-18(19)25(29(24)27-22)14-8-5-9-15-25/h12-13,16,18-19H,4-11,14-15H2,1-3H3/t18-,19+/m1/s1. The van der Waals surface area contributed by atoms with Crippen LogP contribution in [0.25, 0.3) is 0 Å². The van der Waals surface area contributed by atoms with Crippen molar-refractivity contribution >= 4 is 11.9 Å². The van der Waals surface area contributed by atoms with E-state index < -0.39 is 0 Å². The third-order valence-corrected chi connectivity index (χ3v) is 7.91. The van der Waals surface area contributed by atoms with Crippen LogP contribution in [0.3, 0.4) is 0 Å². The first-order chi connectivity index (χ1) is 15.6. The zero-order valence-corrected chi connectivity index (χ0v) is 19.5. The van der Waals surface area contributed by atoms with E-state index in [1.807, 2.05) is 11.0 Å². The van der Waals surface area contributed by atoms with E-state index in [4.69, 9.17) is 19.6 Å². The van der Waals surface area contributed by atoms with E-state index in [0.717, 1.165) is 50.3 Å². The Balaban J connectivity index is 1.63. The van der Waals surface area contributed by atoms with Gasteiger partial charge >= 0.3 is 0 Å². The van der Waals surface area contributed by atoms with Crippen LogP contribution in [0.1, 0.15) is 80.9 Å². The van der Waals surface area contributed by atoms with Crippen LogP contribution in [0.4, 0.5) is 5.95 Å². The monoisotopic (exact) mass is 438 g/mol. The number of carbonyl (C=O) groups excluding carboxylic acids is 1. The number of amides is 1. The lowest BCUT2D eigenvalue weighted by molar-refractivity contribution is 0.0311. The minimum Gasteiger partial charge on any atom is -0.493 e. The van der Waals surface area contributed by atoms with Gasteiger partial charge in [0.1, 0.15) is 0 Å². The minimum atomic E-state index is -0.0233. The molecule has 1 amide bonds. The highest BCUT2D eigenvalue weighted by Crippen LogP contribution is 2.53. The first-order valence-corrected chi connectivity index (χ1v) is 12.1. The van der Waals surface area contributed by atoms with Gasteiger partial charge in [0.15, 0.2) is 17.3 Å². The van der Waals surface area contributed by atoms with Crippen molar-refractivity contribution in [2.45, 2.75) is 82.7 Å². The van der Waals surface area contributed by atoms with Crippen LogP contribution in [0.2, 0.25) is 0 Å². The number of carbonyl (C=O) groups is 1. The molecular formula is C25H34N4O3. The normalized spacial score (nSPS) is 24.0. The first-order valence-electron chi connectivity index (χ1n) is 12.1. The second-order valence-electron chi connectivity index (χ2n) is 9.46. The molecule has 0 radical (unpaired) electrons. The maximum Gasteiger partial charge on any atom is 0.261 e. The lowest BCUT2D eigenvalue weighted by atomic mass is 9.64. The molecule has 0 saturated heterocycles. The highest BCUT2D eigenvalue weighted by Gasteiger charge is 2.55. The van der Waals surface area contributed by atoms with Crippen molar-refractivity contribution in [2.75, 3.05) is 19.1 Å². The number of aromatic nitrogens is 3. The van der Waals surface area contributed by atoms with Gasteiger partial charge in [-0.15, -0.1) is 0 Å². The summed E-state index contributed by atoms with van der Waals surface area (Å²) < 4.78 is 13.0. The molecule has 0 N–H and O–H groups in total. The molecule has 32 heavy (non-hydrogen) atoms. The summed E-state index contributed by atoms with van der Waals surface area (Å²) in [6, 6.07) is 5.59. The summed E-state index contributed by atoms with van der Waals surface area (Å²) in [6.07, 6.45) is 11.4. The summed E-state index contributed by atoms with van der Waals surface area (Å²) in [4.78, 5) is 20.9. The van der Waals surface area contributed by atoms with Crippen molar-refractivity contribution in [3.63, 3.8) is 0 Å². The number of hydrogen-bond acceptors (Lipinski definition) is 5. The number of hydrogen-bond donors (Lipinski definition) is 0. The van der Waals surface area contributed by atoms with Gasteiger partial charge in [-0.3, -0.25) is 9.69 Å². The topological polar surface area (TPSA) is 69.5 Å². The van der Waals surface area contributed by atoms with Crippen molar-refractivity contribution in [2.24, 2.45) is 5.92 Å². The maximum atomic E-state index is 14.0. The molecule has 2 atom stereocenters. The molecule has 7 nitrogen and oxygen atoms in total. The van der Waals surface area contributed by atoms with E-state index in [1.54, 1.807) is 26.4 Å². The number of methoxy groups -OCH3 is 2. The average Bonchev–Trinajstić information content (AvgIpc) is 3.29. The van der Waals surface area contributed by atoms with Crippen LogP contribution in [-0.4, -0.2) is 40.9 Å².